The molecule has 2 N–H and O–H groups in total. The highest BCUT2D eigenvalue weighted by Gasteiger charge is 2.30. The number of nitrogens with two attached hydrogens (primary N) is 1. The summed E-state index contributed by atoms with van der Waals surface area (Å²) in [6.45, 7) is 5.57. The summed E-state index contributed by atoms with van der Waals surface area (Å²) in [5, 5.41) is 0. The minimum Gasteiger partial charge on any atom is -0.493 e. The largest absolute Gasteiger partial charge is 0.493 e. The van der Waals surface area contributed by atoms with E-state index in [1.54, 1.807) is 6.20 Å². The van der Waals surface area contributed by atoms with Crippen LogP contribution in [0.1, 0.15) is 11.1 Å². The summed E-state index contributed by atoms with van der Waals surface area (Å²) >= 11 is 0. The summed E-state index contributed by atoms with van der Waals surface area (Å²) in [4.78, 5) is 15.9. The second-order valence-electron chi connectivity index (χ2n) is 9.17. The minimum atomic E-state index is 0.247. The van der Waals surface area contributed by atoms with Crippen molar-refractivity contribution in [3.63, 3.8) is 0 Å². The van der Waals surface area contributed by atoms with Crippen molar-refractivity contribution in [2.24, 2.45) is 10.9 Å². The number of hydrogen-bond acceptors (Lipinski definition) is 8. The van der Waals surface area contributed by atoms with Crippen LogP contribution in [0.4, 0.5) is 11.6 Å². The molecular formula is C27H29N5O3. The van der Waals surface area contributed by atoms with Crippen molar-refractivity contribution in [2.45, 2.75) is 12.8 Å². The van der Waals surface area contributed by atoms with Crippen molar-refractivity contribution in [1.82, 2.24) is 14.9 Å². The van der Waals surface area contributed by atoms with Crippen LogP contribution in [0.2, 0.25) is 0 Å². The van der Waals surface area contributed by atoms with E-state index < -0.39 is 0 Å². The second kappa shape index (κ2) is 9.64. The predicted octanol–water partition coefficient (Wildman–Crippen LogP) is 3.32. The number of nitrogen functional groups attached to an aromatic ring is 1. The maximum atomic E-state index is 6.37. The Kier molecular flexibility index (Phi) is 6.06. The van der Waals surface area contributed by atoms with Gasteiger partial charge in [0.1, 0.15) is 18.1 Å². The van der Waals surface area contributed by atoms with Crippen LogP contribution < -0.4 is 15.2 Å². The van der Waals surface area contributed by atoms with E-state index in [2.05, 4.69) is 39.1 Å². The molecule has 0 radical (unpaired) electrons. The number of fused-ring (bicyclic) bond motifs is 2. The number of morpholine rings is 1. The van der Waals surface area contributed by atoms with Gasteiger partial charge in [0.25, 0.3) is 0 Å². The first-order chi connectivity index (χ1) is 17.2. The number of rotatable bonds is 6. The highest BCUT2D eigenvalue weighted by atomic mass is 16.5. The second-order valence-corrected chi connectivity index (χ2v) is 9.17. The van der Waals surface area contributed by atoms with Crippen molar-refractivity contribution in [1.29, 1.82) is 0 Å². The van der Waals surface area contributed by atoms with E-state index in [0.29, 0.717) is 13.2 Å². The zero-order valence-corrected chi connectivity index (χ0v) is 19.7. The molecule has 4 heterocycles. The van der Waals surface area contributed by atoms with Crippen molar-refractivity contribution in [2.75, 3.05) is 51.8 Å². The number of aromatic nitrogens is 2. The van der Waals surface area contributed by atoms with Crippen LogP contribution in [0.3, 0.4) is 0 Å². The van der Waals surface area contributed by atoms with Gasteiger partial charge in [0.2, 0.25) is 5.95 Å². The van der Waals surface area contributed by atoms with E-state index in [0.717, 1.165) is 85.4 Å². The van der Waals surface area contributed by atoms with Crippen LogP contribution in [0.5, 0.6) is 11.5 Å². The molecule has 1 unspecified atom stereocenters. The van der Waals surface area contributed by atoms with Gasteiger partial charge in [-0.05, 0) is 36.2 Å². The summed E-state index contributed by atoms with van der Waals surface area (Å²) in [6, 6.07) is 14.3. The third-order valence-electron chi connectivity index (χ3n) is 6.90. The van der Waals surface area contributed by atoms with Gasteiger partial charge in [-0.2, -0.15) is 0 Å². The molecule has 0 spiro atoms. The first-order valence-corrected chi connectivity index (χ1v) is 12.2. The lowest BCUT2D eigenvalue weighted by Gasteiger charge is -2.26. The van der Waals surface area contributed by atoms with Gasteiger partial charge < -0.3 is 19.9 Å². The molecule has 0 bridgehead atoms. The quantitative estimate of drug-likeness (QED) is 0.589. The highest BCUT2D eigenvalue weighted by molar-refractivity contribution is 5.97. The van der Waals surface area contributed by atoms with E-state index >= 15 is 0 Å². The molecule has 1 saturated heterocycles. The number of ether oxygens (including phenoxy) is 3. The van der Waals surface area contributed by atoms with E-state index in [4.69, 9.17) is 24.9 Å². The third kappa shape index (κ3) is 4.72. The van der Waals surface area contributed by atoms with E-state index in [1.807, 2.05) is 18.2 Å². The molecule has 1 aromatic heterocycles. The molecule has 0 amide bonds. The molecule has 6 rings (SSSR count). The van der Waals surface area contributed by atoms with E-state index in [1.165, 1.54) is 5.56 Å². The average molecular weight is 472 g/mol. The monoisotopic (exact) mass is 471 g/mol. The molecule has 2 aromatic carbocycles. The van der Waals surface area contributed by atoms with Crippen molar-refractivity contribution in [3.05, 3.63) is 59.8 Å². The summed E-state index contributed by atoms with van der Waals surface area (Å²) in [5.41, 5.74) is 12.0. The van der Waals surface area contributed by atoms with Gasteiger partial charge in [0, 0.05) is 55.0 Å². The number of hydrogen-bond donors (Lipinski definition) is 1. The fourth-order valence-corrected chi connectivity index (χ4v) is 4.98. The number of aliphatic imine (C=N–C) groups is 1. The Morgan fingerprint density at radius 2 is 2.00 bits per heavy atom. The first-order valence-electron chi connectivity index (χ1n) is 12.2. The molecular weight excluding hydrogens is 442 g/mol. The lowest BCUT2D eigenvalue weighted by molar-refractivity contribution is 0.0322. The number of para-hydroxylation sites is 1. The fraction of sp³-hybridized carbons (Fsp3) is 0.370. The average Bonchev–Trinajstić information content (AvgIpc) is 3.34. The van der Waals surface area contributed by atoms with Crippen LogP contribution in [-0.2, 0) is 17.6 Å². The highest BCUT2D eigenvalue weighted by Crippen LogP contribution is 2.41. The van der Waals surface area contributed by atoms with Gasteiger partial charge >= 0.3 is 0 Å². The predicted molar refractivity (Wildman–Crippen MR) is 135 cm³/mol. The molecule has 3 aromatic rings. The summed E-state index contributed by atoms with van der Waals surface area (Å²) < 4.78 is 17.9. The minimum absolute atomic E-state index is 0.247. The topological polar surface area (TPSA) is 95.1 Å². The Morgan fingerprint density at radius 3 is 2.89 bits per heavy atom. The molecule has 8 nitrogen and oxygen atoms in total. The fourth-order valence-electron chi connectivity index (χ4n) is 4.98. The molecule has 3 aliphatic rings. The summed E-state index contributed by atoms with van der Waals surface area (Å²) in [6.07, 6.45) is 3.38. The Hall–Kier alpha value is -3.49. The van der Waals surface area contributed by atoms with Gasteiger partial charge in [-0.15, -0.1) is 0 Å². The molecule has 1 fully saturated rings. The van der Waals surface area contributed by atoms with Crippen LogP contribution in [0.25, 0.3) is 11.3 Å². The standard InChI is InChI=1S/C27H29N5O3/c28-27-29-6-5-22(31-27)19-14-24-21(26(15-19)34-12-9-32-7-10-33-11-8-32)16-23(30-24)20-13-18-3-1-2-4-25(18)35-17-20/h1-6,14-15,20H,7-13,16-17H2,(H2,28,29,31). The molecule has 35 heavy (non-hydrogen) atoms. The Labute approximate surface area is 204 Å². The number of benzene rings is 2. The lowest BCUT2D eigenvalue weighted by Crippen LogP contribution is -2.38. The third-order valence-corrected chi connectivity index (χ3v) is 6.90. The Morgan fingerprint density at radius 1 is 1.11 bits per heavy atom. The first kappa shape index (κ1) is 22.0. The van der Waals surface area contributed by atoms with Crippen molar-refractivity contribution < 1.29 is 14.2 Å². The molecule has 1 atom stereocenters. The Bertz CT molecular complexity index is 1260. The lowest BCUT2D eigenvalue weighted by atomic mass is 9.90. The normalized spacial score (nSPS) is 19.4. The zero-order chi connectivity index (χ0) is 23.6. The van der Waals surface area contributed by atoms with Crippen LogP contribution in [0, 0.1) is 5.92 Å². The number of nitrogens with zero attached hydrogens (tertiary/aromatic N) is 4. The van der Waals surface area contributed by atoms with Gasteiger partial charge in [0.05, 0.1) is 31.2 Å². The smallest absolute Gasteiger partial charge is 0.220 e. The molecule has 0 aliphatic carbocycles. The van der Waals surface area contributed by atoms with Crippen LogP contribution >= 0.6 is 0 Å². The van der Waals surface area contributed by atoms with Crippen molar-refractivity contribution >= 4 is 17.3 Å². The van der Waals surface area contributed by atoms with E-state index in [-0.39, 0.29) is 11.9 Å². The van der Waals surface area contributed by atoms with E-state index in [9.17, 15) is 0 Å². The molecule has 0 saturated carbocycles. The number of anilines is 1. The van der Waals surface area contributed by atoms with Gasteiger partial charge in [0.15, 0.2) is 0 Å². The van der Waals surface area contributed by atoms with Crippen LogP contribution in [0.15, 0.2) is 53.7 Å². The summed E-state index contributed by atoms with van der Waals surface area (Å²) in [7, 11) is 0. The van der Waals surface area contributed by atoms with Crippen molar-refractivity contribution in [3.8, 4) is 22.8 Å². The molecule has 180 valence electrons. The Balaban J connectivity index is 1.26. The maximum Gasteiger partial charge on any atom is 0.220 e. The van der Waals surface area contributed by atoms with Gasteiger partial charge in [-0.25, -0.2) is 9.97 Å². The summed E-state index contributed by atoms with van der Waals surface area (Å²) in [5.74, 6) is 2.34. The van der Waals surface area contributed by atoms with Crippen LogP contribution in [-0.4, -0.2) is 66.6 Å². The SMILES string of the molecule is Nc1nccc(-c2cc3c(c(OCCN4CCOCC4)c2)CC(C2COc4ccccc4C2)=N3)n1. The van der Waals surface area contributed by atoms with Gasteiger partial charge in [-0.1, -0.05) is 18.2 Å². The maximum absolute atomic E-state index is 6.37. The molecule has 3 aliphatic heterocycles. The molecule has 8 heteroatoms. The zero-order valence-electron chi connectivity index (χ0n) is 19.7. The van der Waals surface area contributed by atoms with Gasteiger partial charge in [-0.3, -0.25) is 9.89 Å².